The van der Waals surface area contributed by atoms with E-state index < -0.39 is 0 Å². The van der Waals surface area contributed by atoms with Gasteiger partial charge in [0.2, 0.25) is 5.91 Å². The molecule has 92 valence electrons. The summed E-state index contributed by atoms with van der Waals surface area (Å²) >= 11 is 0. The average Bonchev–Trinajstić information content (AvgIpc) is 2.27. The highest BCUT2D eigenvalue weighted by Gasteiger charge is 2.24. The van der Waals surface area contributed by atoms with E-state index in [0.29, 0.717) is 11.8 Å². The number of hydrogen-bond donors (Lipinski definition) is 1. The molecule has 0 unspecified atom stereocenters. The van der Waals surface area contributed by atoms with Crippen molar-refractivity contribution in [1.29, 1.82) is 0 Å². The largest absolute Gasteiger partial charge is 0.396 e. The van der Waals surface area contributed by atoms with Gasteiger partial charge in [0.15, 0.2) is 0 Å². The Kier molecular flexibility index (Phi) is 4.22. The zero-order valence-electron chi connectivity index (χ0n) is 10.0. The molecule has 1 N–H and O–H groups in total. The number of nitrogens with zero attached hydrogens (tertiary/aromatic N) is 1. The van der Waals surface area contributed by atoms with Crippen LogP contribution in [0.15, 0.2) is 0 Å². The molecule has 0 bridgehead atoms. The lowest BCUT2D eigenvalue weighted by molar-refractivity contribution is -0.133. The lowest BCUT2D eigenvalue weighted by Gasteiger charge is -2.32. The van der Waals surface area contributed by atoms with Gasteiger partial charge in [-0.3, -0.25) is 4.79 Å². The molecule has 1 aliphatic carbocycles. The lowest BCUT2D eigenvalue weighted by atomic mass is 9.82. The number of rotatable bonds is 4. The van der Waals surface area contributed by atoms with Gasteiger partial charge in [-0.15, -0.1) is 0 Å². The minimum absolute atomic E-state index is 0.282. The number of aliphatic hydroxyl groups is 1. The second kappa shape index (κ2) is 5.67. The predicted octanol–water partition coefficient (Wildman–Crippen LogP) is 1.80. The number of amides is 1. The Labute approximate surface area is 97.8 Å². The van der Waals surface area contributed by atoms with E-state index in [1.165, 1.54) is 19.3 Å². The monoisotopic (exact) mass is 225 g/mol. The van der Waals surface area contributed by atoms with Crippen molar-refractivity contribution < 1.29 is 9.90 Å². The van der Waals surface area contributed by atoms with Crippen LogP contribution in [0.25, 0.3) is 0 Å². The first-order valence-corrected chi connectivity index (χ1v) is 6.68. The molecule has 16 heavy (non-hydrogen) atoms. The third-order valence-corrected chi connectivity index (χ3v) is 4.22. The van der Waals surface area contributed by atoms with Crippen LogP contribution in [0.2, 0.25) is 0 Å². The van der Waals surface area contributed by atoms with Crippen LogP contribution in [0.5, 0.6) is 0 Å². The number of aliphatic hydroxyl groups excluding tert-OH is 1. The molecule has 2 aliphatic rings. The first-order valence-electron chi connectivity index (χ1n) is 6.68. The van der Waals surface area contributed by atoms with Crippen molar-refractivity contribution in [2.75, 3.05) is 19.7 Å². The van der Waals surface area contributed by atoms with Gasteiger partial charge in [0.25, 0.3) is 0 Å². The zero-order chi connectivity index (χ0) is 11.4. The number of carbonyl (C=O) groups is 1. The summed E-state index contributed by atoms with van der Waals surface area (Å²) in [6.45, 7) is 1.99. The van der Waals surface area contributed by atoms with Crippen LogP contribution in [0.3, 0.4) is 0 Å². The van der Waals surface area contributed by atoms with E-state index in [4.69, 9.17) is 5.11 Å². The van der Waals surface area contributed by atoms with Gasteiger partial charge in [-0.1, -0.05) is 19.3 Å². The SMILES string of the molecule is O=C(CCC1CCC1)N1CCC(CO)CC1. The number of piperidine rings is 1. The van der Waals surface area contributed by atoms with Crippen molar-refractivity contribution in [1.82, 2.24) is 4.90 Å². The summed E-state index contributed by atoms with van der Waals surface area (Å²) in [7, 11) is 0. The fourth-order valence-electron chi connectivity index (χ4n) is 2.63. The summed E-state index contributed by atoms with van der Waals surface area (Å²) in [5.41, 5.74) is 0. The lowest BCUT2D eigenvalue weighted by Crippen LogP contribution is -2.39. The molecule has 2 rings (SSSR count). The molecule has 0 radical (unpaired) electrons. The fraction of sp³-hybridized carbons (Fsp3) is 0.923. The molecule has 1 heterocycles. The number of carbonyl (C=O) groups excluding carboxylic acids is 1. The van der Waals surface area contributed by atoms with Gasteiger partial charge in [0.1, 0.15) is 0 Å². The van der Waals surface area contributed by atoms with Gasteiger partial charge in [-0.05, 0) is 31.1 Å². The van der Waals surface area contributed by atoms with Crippen LogP contribution in [-0.2, 0) is 4.79 Å². The Bertz CT molecular complexity index is 230. The summed E-state index contributed by atoms with van der Waals surface area (Å²) in [5.74, 6) is 1.60. The summed E-state index contributed by atoms with van der Waals surface area (Å²) in [5, 5.41) is 9.03. The molecular formula is C13H23NO2. The third kappa shape index (κ3) is 2.97. The normalized spacial score (nSPS) is 23.2. The van der Waals surface area contributed by atoms with E-state index in [0.717, 1.165) is 44.7 Å². The molecule has 1 saturated carbocycles. The van der Waals surface area contributed by atoms with Crippen molar-refractivity contribution in [2.45, 2.75) is 44.9 Å². The average molecular weight is 225 g/mol. The smallest absolute Gasteiger partial charge is 0.222 e. The van der Waals surface area contributed by atoms with Crippen molar-refractivity contribution in [3.05, 3.63) is 0 Å². The van der Waals surface area contributed by atoms with Gasteiger partial charge in [-0.2, -0.15) is 0 Å². The van der Waals surface area contributed by atoms with Crippen LogP contribution >= 0.6 is 0 Å². The van der Waals surface area contributed by atoms with Gasteiger partial charge >= 0.3 is 0 Å². The zero-order valence-corrected chi connectivity index (χ0v) is 10.0. The first-order chi connectivity index (χ1) is 7.79. The number of likely N-dealkylation sites (tertiary alicyclic amines) is 1. The van der Waals surface area contributed by atoms with E-state index in [9.17, 15) is 4.79 Å². The van der Waals surface area contributed by atoms with Crippen LogP contribution in [0.1, 0.15) is 44.9 Å². The fourth-order valence-corrected chi connectivity index (χ4v) is 2.63. The molecule has 1 saturated heterocycles. The van der Waals surface area contributed by atoms with E-state index in [-0.39, 0.29) is 6.61 Å². The standard InChI is InChI=1S/C13H23NO2/c15-10-12-6-8-14(9-7-12)13(16)5-4-11-2-1-3-11/h11-12,15H,1-10H2. The highest BCUT2D eigenvalue weighted by molar-refractivity contribution is 5.76. The van der Waals surface area contributed by atoms with Gasteiger partial charge in [0, 0.05) is 26.1 Å². The maximum atomic E-state index is 11.9. The quantitative estimate of drug-likeness (QED) is 0.792. The molecule has 1 amide bonds. The Balaban J connectivity index is 1.65. The van der Waals surface area contributed by atoms with Crippen LogP contribution < -0.4 is 0 Å². The Morgan fingerprint density at radius 1 is 1.12 bits per heavy atom. The molecule has 3 heteroatoms. The predicted molar refractivity (Wildman–Crippen MR) is 63.0 cm³/mol. The maximum absolute atomic E-state index is 11.9. The van der Waals surface area contributed by atoms with Crippen molar-refractivity contribution in [3.63, 3.8) is 0 Å². The van der Waals surface area contributed by atoms with Gasteiger partial charge in [-0.25, -0.2) is 0 Å². The van der Waals surface area contributed by atoms with E-state index >= 15 is 0 Å². The van der Waals surface area contributed by atoms with Crippen LogP contribution in [-0.4, -0.2) is 35.6 Å². The molecule has 0 aromatic carbocycles. The van der Waals surface area contributed by atoms with Gasteiger partial charge < -0.3 is 10.0 Å². The second-order valence-corrected chi connectivity index (χ2v) is 5.34. The summed E-state index contributed by atoms with van der Waals surface area (Å²) < 4.78 is 0. The van der Waals surface area contributed by atoms with E-state index in [1.54, 1.807) is 0 Å². The molecule has 2 fully saturated rings. The molecule has 0 atom stereocenters. The Hall–Kier alpha value is -0.570. The minimum Gasteiger partial charge on any atom is -0.396 e. The molecule has 0 aromatic rings. The summed E-state index contributed by atoms with van der Waals surface area (Å²) in [4.78, 5) is 13.9. The summed E-state index contributed by atoms with van der Waals surface area (Å²) in [6, 6.07) is 0. The highest BCUT2D eigenvalue weighted by Crippen LogP contribution is 2.30. The Morgan fingerprint density at radius 2 is 1.81 bits per heavy atom. The summed E-state index contributed by atoms with van der Waals surface area (Å²) in [6.07, 6.45) is 7.82. The Morgan fingerprint density at radius 3 is 2.31 bits per heavy atom. The molecule has 1 aliphatic heterocycles. The van der Waals surface area contributed by atoms with E-state index in [2.05, 4.69) is 0 Å². The second-order valence-electron chi connectivity index (χ2n) is 5.34. The van der Waals surface area contributed by atoms with E-state index in [1.807, 2.05) is 4.90 Å². The first kappa shape index (κ1) is 11.9. The van der Waals surface area contributed by atoms with Crippen molar-refractivity contribution >= 4 is 5.91 Å². The van der Waals surface area contributed by atoms with Crippen molar-refractivity contribution in [3.8, 4) is 0 Å². The maximum Gasteiger partial charge on any atom is 0.222 e. The van der Waals surface area contributed by atoms with Gasteiger partial charge in [0.05, 0.1) is 0 Å². The van der Waals surface area contributed by atoms with Crippen LogP contribution in [0, 0.1) is 11.8 Å². The van der Waals surface area contributed by atoms with Crippen LogP contribution in [0.4, 0.5) is 0 Å². The third-order valence-electron chi connectivity index (χ3n) is 4.22. The minimum atomic E-state index is 0.282. The topological polar surface area (TPSA) is 40.5 Å². The number of hydrogen-bond acceptors (Lipinski definition) is 2. The molecule has 0 aromatic heterocycles. The van der Waals surface area contributed by atoms with Crippen molar-refractivity contribution in [2.24, 2.45) is 11.8 Å². The molecular weight excluding hydrogens is 202 g/mol. The highest BCUT2D eigenvalue weighted by atomic mass is 16.3. The molecule has 0 spiro atoms. The molecule has 3 nitrogen and oxygen atoms in total.